The summed E-state index contributed by atoms with van der Waals surface area (Å²) in [5, 5.41) is 0. The molecule has 0 saturated carbocycles. The fourth-order valence-corrected chi connectivity index (χ4v) is 4.33. The van der Waals surface area contributed by atoms with Gasteiger partial charge in [-0.15, -0.1) is 4.37 Å². The molecule has 1 aromatic heterocycles. The van der Waals surface area contributed by atoms with Gasteiger partial charge >= 0.3 is 0 Å². The van der Waals surface area contributed by atoms with Gasteiger partial charge in [0.15, 0.2) is 0 Å². The molecule has 1 saturated heterocycles. The van der Waals surface area contributed by atoms with E-state index in [2.05, 4.69) is 8.75 Å². The molecule has 0 radical (unpaired) electrons. The number of hydrogen-bond acceptors (Lipinski definition) is 6. The number of aryl methyl sites for hydroxylation is 1. The lowest BCUT2D eigenvalue weighted by atomic mass is 10.2. The summed E-state index contributed by atoms with van der Waals surface area (Å²) in [6.45, 7) is 0.883. The molecular weight excluding hydrogens is 322 g/mol. The van der Waals surface area contributed by atoms with Gasteiger partial charge < -0.3 is 4.74 Å². The predicted molar refractivity (Wildman–Crippen MR) is 84.4 cm³/mol. The highest BCUT2D eigenvalue weighted by molar-refractivity contribution is 7.89. The van der Waals surface area contributed by atoms with E-state index in [0.29, 0.717) is 31.8 Å². The summed E-state index contributed by atoms with van der Waals surface area (Å²) >= 11 is 1.08. The minimum Gasteiger partial charge on any atom is -0.471 e. The molecule has 22 heavy (non-hydrogen) atoms. The van der Waals surface area contributed by atoms with E-state index in [1.807, 2.05) is 30.3 Å². The lowest BCUT2D eigenvalue weighted by Crippen LogP contribution is -2.33. The molecule has 0 N–H and O–H groups in total. The first-order valence-corrected chi connectivity index (χ1v) is 9.43. The molecule has 118 valence electrons. The summed E-state index contributed by atoms with van der Waals surface area (Å²) in [4.78, 5) is 0. The average Bonchev–Trinajstić information content (AvgIpc) is 3.19. The van der Waals surface area contributed by atoms with E-state index in [1.54, 1.807) is 6.20 Å². The van der Waals surface area contributed by atoms with Gasteiger partial charge in [-0.25, -0.2) is 8.42 Å². The summed E-state index contributed by atoms with van der Waals surface area (Å²) in [5.74, 6) is 0.598. The Kier molecular flexibility index (Phi) is 4.70. The molecule has 6 nitrogen and oxygen atoms in total. The Morgan fingerprint density at radius 1 is 1.32 bits per heavy atom. The third kappa shape index (κ3) is 3.82. The second kappa shape index (κ2) is 6.72. The largest absolute Gasteiger partial charge is 0.471 e. The molecule has 0 amide bonds. The standard InChI is InChI=1S/C14H17N3O3S2/c18-22(19,9-7-12-4-2-1-3-5-12)17-8-6-13(11-17)20-14-10-15-21-16-14/h1-5,10,13H,6-9,11H2. The lowest BCUT2D eigenvalue weighted by Gasteiger charge is -2.16. The van der Waals surface area contributed by atoms with E-state index in [9.17, 15) is 8.42 Å². The summed E-state index contributed by atoms with van der Waals surface area (Å²) in [6.07, 6.45) is 2.62. The molecular formula is C14H17N3O3S2. The molecule has 1 aliphatic heterocycles. The number of hydrogen-bond donors (Lipinski definition) is 0. The maximum atomic E-state index is 12.4. The molecule has 0 spiro atoms. The Bertz CT molecular complexity index is 689. The van der Waals surface area contributed by atoms with E-state index < -0.39 is 10.0 Å². The van der Waals surface area contributed by atoms with E-state index in [1.165, 1.54) is 4.31 Å². The Morgan fingerprint density at radius 2 is 2.14 bits per heavy atom. The monoisotopic (exact) mass is 339 g/mol. The van der Waals surface area contributed by atoms with Crippen molar-refractivity contribution in [1.82, 2.24) is 13.1 Å². The molecule has 0 bridgehead atoms. The Labute approximate surface area is 134 Å². The smallest absolute Gasteiger partial charge is 0.246 e. The topological polar surface area (TPSA) is 72.4 Å². The molecule has 8 heteroatoms. The van der Waals surface area contributed by atoms with Crippen molar-refractivity contribution in [3.63, 3.8) is 0 Å². The van der Waals surface area contributed by atoms with Crippen LogP contribution in [0.15, 0.2) is 36.5 Å². The molecule has 1 aromatic carbocycles. The lowest BCUT2D eigenvalue weighted by molar-refractivity contribution is 0.208. The second-order valence-electron chi connectivity index (χ2n) is 5.18. The third-order valence-electron chi connectivity index (χ3n) is 3.62. The van der Waals surface area contributed by atoms with Gasteiger partial charge in [-0.1, -0.05) is 30.3 Å². The zero-order valence-corrected chi connectivity index (χ0v) is 13.6. The first-order valence-electron chi connectivity index (χ1n) is 7.09. The number of ether oxygens (including phenoxy) is 1. The van der Waals surface area contributed by atoms with Crippen LogP contribution in [0.4, 0.5) is 0 Å². The Balaban J connectivity index is 1.54. The molecule has 1 fully saturated rings. The van der Waals surface area contributed by atoms with Crippen molar-refractivity contribution in [2.24, 2.45) is 0 Å². The summed E-state index contributed by atoms with van der Waals surface area (Å²) in [6, 6.07) is 9.65. The molecule has 1 aliphatic rings. The number of aromatic nitrogens is 2. The first kappa shape index (κ1) is 15.4. The summed E-state index contributed by atoms with van der Waals surface area (Å²) < 4.78 is 39.8. The second-order valence-corrected chi connectivity index (χ2v) is 7.83. The average molecular weight is 339 g/mol. The van der Waals surface area contributed by atoms with Crippen molar-refractivity contribution >= 4 is 21.8 Å². The number of rotatable bonds is 6. The van der Waals surface area contributed by atoms with Gasteiger partial charge in [0.05, 0.1) is 24.0 Å². The van der Waals surface area contributed by atoms with Crippen molar-refractivity contribution in [2.45, 2.75) is 18.9 Å². The van der Waals surface area contributed by atoms with Crippen molar-refractivity contribution < 1.29 is 13.2 Å². The van der Waals surface area contributed by atoms with Gasteiger partial charge in [-0.2, -0.15) is 8.68 Å². The van der Waals surface area contributed by atoms with Crippen LogP contribution >= 0.6 is 11.7 Å². The van der Waals surface area contributed by atoms with Crippen LogP contribution in [-0.2, 0) is 16.4 Å². The Morgan fingerprint density at radius 3 is 2.86 bits per heavy atom. The highest BCUT2D eigenvalue weighted by Gasteiger charge is 2.32. The van der Waals surface area contributed by atoms with Crippen molar-refractivity contribution in [3.8, 4) is 5.88 Å². The Hall–Kier alpha value is -1.51. The predicted octanol–water partition coefficient (Wildman–Crippen LogP) is 1.56. The van der Waals surface area contributed by atoms with Gasteiger partial charge in [0.2, 0.25) is 15.9 Å². The zero-order chi connectivity index (χ0) is 15.4. The van der Waals surface area contributed by atoms with Gasteiger partial charge in [-0.3, -0.25) is 0 Å². The SMILES string of the molecule is O=S(=O)(CCc1ccccc1)N1CCC(Oc2cnsn2)C1. The highest BCUT2D eigenvalue weighted by atomic mass is 32.2. The summed E-state index contributed by atoms with van der Waals surface area (Å²) in [5.41, 5.74) is 1.03. The maximum absolute atomic E-state index is 12.4. The van der Waals surface area contributed by atoms with Crippen molar-refractivity contribution in [1.29, 1.82) is 0 Å². The van der Waals surface area contributed by atoms with Crippen LogP contribution in [0.3, 0.4) is 0 Å². The van der Waals surface area contributed by atoms with E-state index in [0.717, 1.165) is 17.3 Å². The van der Waals surface area contributed by atoms with E-state index >= 15 is 0 Å². The van der Waals surface area contributed by atoms with Crippen LogP contribution in [0, 0.1) is 0 Å². The molecule has 0 aliphatic carbocycles. The zero-order valence-electron chi connectivity index (χ0n) is 12.0. The van der Waals surface area contributed by atoms with Gasteiger partial charge in [0.25, 0.3) is 0 Å². The third-order valence-corrected chi connectivity index (χ3v) is 5.92. The van der Waals surface area contributed by atoms with E-state index in [4.69, 9.17) is 4.74 Å². The number of sulfonamides is 1. The normalized spacial score (nSPS) is 19.4. The van der Waals surface area contributed by atoms with Crippen LogP contribution in [-0.4, -0.2) is 46.4 Å². The van der Waals surface area contributed by atoms with Gasteiger partial charge in [-0.05, 0) is 18.4 Å². The fourth-order valence-electron chi connectivity index (χ4n) is 2.45. The van der Waals surface area contributed by atoms with Crippen molar-refractivity contribution in [3.05, 3.63) is 42.1 Å². The summed E-state index contributed by atoms with van der Waals surface area (Å²) in [7, 11) is -3.25. The minimum atomic E-state index is -3.25. The van der Waals surface area contributed by atoms with Crippen LogP contribution in [0.25, 0.3) is 0 Å². The minimum absolute atomic E-state index is 0.127. The fraction of sp³-hybridized carbons (Fsp3) is 0.429. The molecule has 2 aromatic rings. The van der Waals surface area contributed by atoms with Crippen LogP contribution in [0.5, 0.6) is 5.88 Å². The van der Waals surface area contributed by atoms with Gasteiger partial charge in [0.1, 0.15) is 12.3 Å². The van der Waals surface area contributed by atoms with Crippen LogP contribution < -0.4 is 4.74 Å². The van der Waals surface area contributed by atoms with Crippen LogP contribution in [0.2, 0.25) is 0 Å². The van der Waals surface area contributed by atoms with E-state index in [-0.39, 0.29) is 11.9 Å². The van der Waals surface area contributed by atoms with Crippen molar-refractivity contribution in [2.75, 3.05) is 18.8 Å². The number of benzene rings is 1. The number of nitrogens with zero attached hydrogens (tertiary/aromatic N) is 3. The first-order chi connectivity index (χ1) is 10.6. The highest BCUT2D eigenvalue weighted by Crippen LogP contribution is 2.20. The molecule has 1 atom stereocenters. The van der Waals surface area contributed by atoms with Gasteiger partial charge in [0, 0.05) is 6.54 Å². The van der Waals surface area contributed by atoms with Crippen LogP contribution in [0.1, 0.15) is 12.0 Å². The maximum Gasteiger partial charge on any atom is 0.246 e. The molecule has 2 heterocycles. The molecule has 1 unspecified atom stereocenters. The molecule has 3 rings (SSSR count). The quantitative estimate of drug-likeness (QED) is 0.799.